The van der Waals surface area contributed by atoms with Crippen molar-refractivity contribution in [3.63, 3.8) is 0 Å². The highest BCUT2D eigenvalue weighted by Crippen LogP contribution is 2.16. The zero-order valence-corrected chi connectivity index (χ0v) is 17.2. The van der Waals surface area contributed by atoms with Crippen LogP contribution in [0.25, 0.3) is 0 Å². The summed E-state index contributed by atoms with van der Waals surface area (Å²) in [6, 6.07) is 19.3. The molecule has 0 spiro atoms. The first-order valence-electron chi connectivity index (χ1n) is 10.2. The normalized spacial score (nSPS) is 12.8. The summed E-state index contributed by atoms with van der Waals surface area (Å²) in [6.07, 6.45) is 2.56. The van der Waals surface area contributed by atoms with Gasteiger partial charge in [0, 0.05) is 25.4 Å². The molecule has 4 heteroatoms. The molecule has 0 radical (unpaired) electrons. The van der Waals surface area contributed by atoms with Crippen molar-refractivity contribution in [1.82, 2.24) is 10.2 Å². The van der Waals surface area contributed by atoms with Crippen LogP contribution in [-0.4, -0.2) is 28.8 Å². The predicted molar refractivity (Wildman–Crippen MR) is 114 cm³/mol. The third-order valence-corrected chi connectivity index (χ3v) is 4.93. The van der Waals surface area contributed by atoms with Crippen LogP contribution in [0.3, 0.4) is 0 Å². The molecule has 0 bridgehead atoms. The number of hydrogen-bond acceptors (Lipinski definition) is 2. The van der Waals surface area contributed by atoms with E-state index in [2.05, 4.69) is 5.32 Å². The lowest BCUT2D eigenvalue weighted by Crippen LogP contribution is -2.52. The topological polar surface area (TPSA) is 49.4 Å². The van der Waals surface area contributed by atoms with Crippen LogP contribution < -0.4 is 5.32 Å². The van der Waals surface area contributed by atoms with E-state index in [-0.39, 0.29) is 17.9 Å². The lowest BCUT2D eigenvalue weighted by molar-refractivity contribution is -0.141. The van der Waals surface area contributed by atoms with Gasteiger partial charge < -0.3 is 10.2 Å². The first-order chi connectivity index (χ1) is 13.5. The van der Waals surface area contributed by atoms with Gasteiger partial charge in [0.05, 0.1) is 0 Å². The fourth-order valence-electron chi connectivity index (χ4n) is 3.13. The Bertz CT molecular complexity index is 731. The van der Waals surface area contributed by atoms with Crippen molar-refractivity contribution in [2.75, 3.05) is 0 Å². The Kier molecular flexibility index (Phi) is 8.73. The van der Waals surface area contributed by atoms with Crippen LogP contribution in [0.5, 0.6) is 0 Å². The van der Waals surface area contributed by atoms with Gasteiger partial charge in [0.25, 0.3) is 0 Å². The Morgan fingerprint density at radius 1 is 0.929 bits per heavy atom. The van der Waals surface area contributed by atoms with Gasteiger partial charge in [-0.1, -0.05) is 74.5 Å². The fraction of sp³-hybridized carbons (Fsp3) is 0.417. The maximum absolute atomic E-state index is 13.2. The van der Waals surface area contributed by atoms with Gasteiger partial charge >= 0.3 is 0 Å². The molecule has 2 amide bonds. The molecule has 2 atom stereocenters. The number of amides is 2. The molecule has 0 aromatic heterocycles. The highest BCUT2D eigenvalue weighted by Gasteiger charge is 2.30. The summed E-state index contributed by atoms with van der Waals surface area (Å²) in [7, 11) is 0. The largest absolute Gasteiger partial charge is 0.352 e. The zero-order chi connectivity index (χ0) is 20.4. The molecule has 2 aromatic rings. The van der Waals surface area contributed by atoms with Crippen molar-refractivity contribution in [2.45, 2.75) is 65.1 Å². The molecule has 0 aliphatic rings. The maximum Gasteiger partial charge on any atom is 0.243 e. The molecule has 0 aliphatic carbocycles. The SMILES string of the molecule is CCCC(=O)N(Cc1ccccc1)[C@H](Cc1ccccc1)C(=O)N[C@@H](C)CC. The molecule has 0 unspecified atom stereocenters. The minimum Gasteiger partial charge on any atom is -0.352 e. The third-order valence-electron chi connectivity index (χ3n) is 4.93. The summed E-state index contributed by atoms with van der Waals surface area (Å²) in [4.78, 5) is 27.9. The summed E-state index contributed by atoms with van der Waals surface area (Å²) < 4.78 is 0. The first kappa shape index (κ1) is 21.7. The number of benzene rings is 2. The molecule has 0 heterocycles. The lowest BCUT2D eigenvalue weighted by Gasteiger charge is -2.32. The highest BCUT2D eigenvalue weighted by molar-refractivity contribution is 5.88. The molecule has 2 aromatic carbocycles. The minimum atomic E-state index is -0.532. The van der Waals surface area contributed by atoms with E-state index in [9.17, 15) is 9.59 Å². The number of hydrogen-bond donors (Lipinski definition) is 1. The summed E-state index contributed by atoms with van der Waals surface area (Å²) >= 11 is 0. The van der Waals surface area contributed by atoms with Gasteiger partial charge in [-0.2, -0.15) is 0 Å². The molecule has 150 valence electrons. The lowest BCUT2D eigenvalue weighted by atomic mass is 10.0. The number of carbonyl (C=O) groups excluding carboxylic acids is 2. The van der Waals surface area contributed by atoms with E-state index in [1.165, 1.54) is 0 Å². The second kappa shape index (κ2) is 11.3. The molecular formula is C24H32N2O2. The van der Waals surface area contributed by atoms with Crippen molar-refractivity contribution >= 4 is 11.8 Å². The van der Waals surface area contributed by atoms with Gasteiger partial charge in [-0.3, -0.25) is 9.59 Å². The van der Waals surface area contributed by atoms with Gasteiger partial charge in [0.2, 0.25) is 11.8 Å². The van der Waals surface area contributed by atoms with Gasteiger partial charge in [-0.05, 0) is 30.9 Å². The van der Waals surface area contributed by atoms with Gasteiger partial charge in [0.15, 0.2) is 0 Å². The van der Waals surface area contributed by atoms with E-state index < -0.39 is 6.04 Å². The Balaban J connectivity index is 2.34. The van der Waals surface area contributed by atoms with Crippen LogP contribution in [0.2, 0.25) is 0 Å². The fourth-order valence-corrected chi connectivity index (χ4v) is 3.13. The molecule has 0 saturated heterocycles. The number of nitrogens with one attached hydrogen (secondary N) is 1. The van der Waals surface area contributed by atoms with Crippen LogP contribution >= 0.6 is 0 Å². The highest BCUT2D eigenvalue weighted by atomic mass is 16.2. The smallest absolute Gasteiger partial charge is 0.243 e. The van der Waals surface area contributed by atoms with E-state index in [0.29, 0.717) is 19.4 Å². The van der Waals surface area contributed by atoms with Crippen molar-refractivity contribution in [2.24, 2.45) is 0 Å². The number of carbonyl (C=O) groups is 2. The van der Waals surface area contributed by atoms with Gasteiger partial charge in [-0.25, -0.2) is 0 Å². The zero-order valence-electron chi connectivity index (χ0n) is 17.2. The second-order valence-corrected chi connectivity index (χ2v) is 7.28. The summed E-state index contributed by atoms with van der Waals surface area (Å²) in [5, 5.41) is 3.08. The molecule has 4 nitrogen and oxygen atoms in total. The first-order valence-corrected chi connectivity index (χ1v) is 10.2. The van der Waals surface area contributed by atoms with Gasteiger partial charge in [-0.15, -0.1) is 0 Å². The summed E-state index contributed by atoms with van der Waals surface area (Å²) in [5.41, 5.74) is 2.08. The molecule has 0 fully saturated rings. The average Bonchev–Trinajstić information content (AvgIpc) is 2.72. The standard InChI is InChI=1S/C24H32N2O2/c1-4-12-23(27)26(18-21-15-10-7-11-16-21)22(24(28)25-19(3)5-2)17-20-13-8-6-9-14-20/h6-11,13-16,19,22H,4-5,12,17-18H2,1-3H3,(H,25,28)/t19-,22+/m0/s1. The van der Waals surface area contributed by atoms with Crippen LogP contribution in [0.4, 0.5) is 0 Å². The van der Waals surface area contributed by atoms with E-state index in [4.69, 9.17) is 0 Å². The summed E-state index contributed by atoms with van der Waals surface area (Å²) in [5.74, 6) is -0.0647. The predicted octanol–water partition coefficient (Wildman–Crippen LogP) is 4.34. The van der Waals surface area contributed by atoms with Gasteiger partial charge in [0.1, 0.15) is 6.04 Å². The van der Waals surface area contributed by atoms with E-state index >= 15 is 0 Å². The van der Waals surface area contributed by atoms with Crippen LogP contribution in [0.1, 0.15) is 51.2 Å². The third kappa shape index (κ3) is 6.52. The minimum absolute atomic E-state index is 0.0200. The van der Waals surface area contributed by atoms with Crippen molar-refractivity contribution in [3.05, 3.63) is 71.8 Å². The monoisotopic (exact) mass is 380 g/mol. The molecule has 2 rings (SSSR count). The van der Waals surface area contributed by atoms with Crippen molar-refractivity contribution in [1.29, 1.82) is 0 Å². The Morgan fingerprint density at radius 2 is 1.50 bits per heavy atom. The average molecular weight is 381 g/mol. The molecule has 0 aliphatic heterocycles. The van der Waals surface area contributed by atoms with E-state index in [1.54, 1.807) is 4.90 Å². The van der Waals surface area contributed by atoms with E-state index in [0.717, 1.165) is 24.0 Å². The second-order valence-electron chi connectivity index (χ2n) is 7.28. The van der Waals surface area contributed by atoms with Crippen LogP contribution in [0, 0.1) is 0 Å². The van der Waals surface area contributed by atoms with Crippen molar-refractivity contribution in [3.8, 4) is 0 Å². The molecule has 0 saturated carbocycles. The van der Waals surface area contributed by atoms with Crippen LogP contribution in [-0.2, 0) is 22.6 Å². The Labute approximate surface area is 169 Å². The number of nitrogens with zero attached hydrogens (tertiary/aromatic N) is 1. The molecule has 1 N–H and O–H groups in total. The summed E-state index contributed by atoms with van der Waals surface area (Å²) in [6.45, 7) is 6.46. The van der Waals surface area contributed by atoms with E-state index in [1.807, 2.05) is 81.4 Å². The van der Waals surface area contributed by atoms with Crippen LogP contribution in [0.15, 0.2) is 60.7 Å². The Morgan fingerprint density at radius 3 is 2.04 bits per heavy atom. The number of rotatable bonds is 10. The molecule has 28 heavy (non-hydrogen) atoms. The Hall–Kier alpha value is -2.62. The molecular weight excluding hydrogens is 348 g/mol. The van der Waals surface area contributed by atoms with Crippen molar-refractivity contribution < 1.29 is 9.59 Å². The quantitative estimate of drug-likeness (QED) is 0.666. The maximum atomic E-state index is 13.2.